The fraction of sp³-hybridized carbons (Fsp3) is 0.294. The minimum Gasteiger partial charge on any atom is -0.289 e. The van der Waals surface area contributed by atoms with Gasteiger partial charge in [0.15, 0.2) is 5.78 Å². The van der Waals surface area contributed by atoms with E-state index in [2.05, 4.69) is 29.3 Å². The highest BCUT2D eigenvalue weighted by molar-refractivity contribution is 6.06. The minimum absolute atomic E-state index is 0.0197. The van der Waals surface area contributed by atoms with Crippen molar-refractivity contribution in [2.45, 2.75) is 32.6 Å². The zero-order valence-electron chi connectivity index (χ0n) is 11.8. The van der Waals surface area contributed by atoms with Crippen LogP contribution in [-0.2, 0) is 6.42 Å². The van der Waals surface area contributed by atoms with Crippen molar-refractivity contribution >= 4 is 11.9 Å². The summed E-state index contributed by atoms with van der Waals surface area (Å²) in [6.07, 6.45) is 11.6. The van der Waals surface area contributed by atoms with Crippen molar-refractivity contribution in [3.63, 3.8) is 0 Å². The van der Waals surface area contributed by atoms with Crippen molar-refractivity contribution < 1.29 is 4.79 Å². The number of benzene rings is 1. The third-order valence-electron chi connectivity index (χ3n) is 3.25. The molecule has 2 aromatic rings. The van der Waals surface area contributed by atoms with E-state index in [1.165, 1.54) is 24.8 Å². The third-order valence-corrected chi connectivity index (χ3v) is 3.25. The molecule has 0 unspecified atom stereocenters. The van der Waals surface area contributed by atoms with Crippen molar-refractivity contribution in [2.75, 3.05) is 0 Å². The third kappa shape index (κ3) is 4.19. The molecule has 1 N–H and O–H groups in total. The number of allylic oxidation sites excluding steroid dienone is 1. The van der Waals surface area contributed by atoms with Crippen molar-refractivity contribution in [3.05, 3.63) is 59.4 Å². The monoisotopic (exact) mass is 268 g/mol. The zero-order valence-corrected chi connectivity index (χ0v) is 11.8. The Morgan fingerprint density at radius 2 is 2.05 bits per heavy atom. The fourth-order valence-corrected chi connectivity index (χ4v) is 2.03. The van der Waals surface area contributed by atoms with E-state index in [0.29, 0.717) is 0 Å². The van der Waals surface area contributed by atoms with Crippen LogP contribution in [0.3, 0.4) is 0 Å². The summed E-state index contributed by atoms with van der Waals surface area (Å²) < 4.78 is 0. The molecule has 0 bridgehead atoms. The number of aromatic nitrogens is 2. The molecule has 0 amide bonds. The number of aryl methyl sites for hydroxylation is 1. The fourth-order valence-electron chi connectivity index (χ4n) is 2.03. The van der Waals surface area contributed by atoms with Gasteiger partial charge in [-0.1, -0.05) is 44.0 Å². The molecule has 104 valence electrons. The van der Waals surface area contributed by atoms with Crippen molar-refractivity contribution in [1.82, 2.24) is 10.2 Å². The van der Waals surface area contributed by atoms with E-state index in [1.807, 2.05) is 12.1 Å². The Morgan fingerprint density at radius 3 is 2.70 bits per heavy atom. The smallest absolute Gasteiger partial charge is 0.185 e. The van der Waals surface area contributed by atoms with E-state index in [-0.39, 0.29) is 5.78 Å². The molecule has 3 heteroatoms. The summed E-state index contributed by atoms with van der Waals surface area (Å²) in [7, 11) is 0. The van der Waals surface area contributed by atoms with Crippen LogP contribution in [-0.4, -0.2) is 16.0 Å². The van der Waals surface area contributed by atoms with Gasteiger partial charge in [-0.2, -0.15) is 5.10 Å². The van der Waals surface area contributed by atoms with Crippen LogP contribution in [0.4, 0.5) is 0 Å². The Bertz CT molecular complexity index is 553. The number of nitrogens with zero attached hydrogens (tertiary/aromatic N) is 1. The van der Waals surface area contributed by atoms with Gasteiger partial charge < -0.3 is 0 Å². The summed E-state index contributed by atoms with van der Waals surface area (Å²) in [6, 6.07) is 7.91. The highest BCUT2D eigenvalue weighted by atomic mass is 16.1. The first-order chi connectivity index (χ1) is 9.79. The Balaban J connectivity index is 1.93. The Kier molecular flexibility index (Phi) is 5.30. The average molecular weight is 268 g/mol. The van der Waals surface area contributed by atoms with Gasteiger partial charge in [0.2, 0.25) is 0 Å². The molecular weight excluding hydrogens is 248 g/mol. The summed E-state index contributed by atoms with van der Waals surface area (Å²) >= 11 is 0. The topological polar surface area (TPSA) is 45.8 Å². The van der Waals surface area contributed by atoms with E-state index in [0.717, 1.165) is 17.5 Å². The molecule has 0 saturated carbocycles. The van der Waals surface area contributed by atoms with Gasteiger partial charge >= 0.3 is 0 Å². The molecule has 1 aromatic heterocycles. The molecule has 0 atom stereocenters. The van der Waals surface area contributed by atoms with Crippen LogP contribution < -0.4 is 0 Å². The second kappa shape index (κ2) is 7.43. The van der Waals surface area contributed by atoms with Gasteiger partial charge in [-0.3, -0.25) is 9.89 Å². The van der Waals surface area contributed by atoms with E-state index in [1.54, 1.807) is 24.5 Å². The molecule has 2 rings (SSSR count). The standard InChI is InChI=1S/C17H20N2O/c1-2-3-4-5-14-6-9-16(10-7-14)17(20)11-8-15-12-18-19-13-15/h6-13H,2-5H2,1H3,(H,18,19)/b11-8+. The first-order valence-corrected chi connectivity index (χ1v) is 7.09. The summed E-state index contributed by atoms with van der Waals surface area (Å²) in [5, 5.41) is 6.54. The number of ketones is 1. The summed E-state index contributed by atoms with van der Waals surface area (Å²) in [5.74, 6) is 0.0197. The molecule has 0 spiro atoms. The summed E-state index contributed by atoms with van der Waals surface area (Å²) in [5.41, 5.74) is 2.92. The number of hydrogen-bond acceptors (Lipinski definition) is 2. The van der Waals surface area contributed by atoms with Gasteiger partial charge in [0.25, 0.3) is 0 Å². The second-order valence-electron chi connectivity index (χ2n) is 4.88. The predicted octanol–water partition coefficient (Wildman–Crippen LogP) is 4.04. The molecule has 0 aliphatic carbocycles. The van der Waals surface area contributed by atoms with Crippen molar-refractivity contribution in [3.8, 4) is 0 Å². The van der Waals surface area contributed by atoms with E-state index >= 15 is 0 Å². The van der Waals surface area contributed by atoms with Crippen molar-refractivity contribution in [1.29, 1.82) is 0 Å². The van der Waals surface area contributed by atoms with Gasteiger partial charge in [-0.05, 0) is 30.6 Å². The Labute approximate surface area is 119 Å². The number of H-pyrrole nitrogens is 1. The molecule has 0 saturated heterocycles. The maximum absolute atomic E-state index is 12.0. The molecule has 0 aliphatic rings. The average Bonchev–Trinajstić information content (AvgIpc) is 2.99. The SMILES string of the molecule is CCCCCc1ccc(C(=O)/C=C/c2cn[nH]c2)cc1. The number of rotatable bonds is 7. The highest BCUT2D eigenvalue weighted by Crippen LogP contribution is 2.10. The van der Waals surface area contributed by atoms with Crippen LogP contribution in [0, 0.1) is 0 Å². The minimum atomic E-state index is 0.0197. The van der Waals surface area contributed by atoms with E-state index in [4.69, 9.17) is 0 Å². The van der Waals surface area contributed by atoms with Gasteiger partial charge in [0, 0.05) is 17.3 Å². The number of unbranched alkanes of at least 4 members (excludes halogenated alkanes) is 2. The lowest BCUT2D eigenvalue weighted by Gasteiger charge is -2.01. The first kappa shape index (κ1) is 14.3. The Hall–Kier alpha value is -2.16. The molecule has 1 aromatic carbocycles. The lowest BCUT2D eigenvalue weighted by atomic mass is 10.0. The number of carbonyl (C=O) groups is 1. The molecule has 0 aliphatic heterocycles. The van der Waals surface area contributed by atoms with Gasteiger partial charge in [-0.25, -0.2) is 0 Å². The largest absolute Gasteiger partial charge is 0.289 e. The van der Waals surface area contributed by atoms with Crippen molar-refractivity contribution in [2.24, 2.45) is 0 Å². The summed E-state index contributed by atoms with van der Waals surface area (Å²) in [4.78, 5) is 12.0. The van der Waals surface area contributed by atoms with Crippen LogP contribution in [0.25, 0.3) is 6.08 Å². The van der Waals surface area contributed by atoms with Gasteiger partial charge in [0.05, 0.1) is 6.20 Å². The molecule has 20 heavy (non-hydrogen) atoms. The molecule has 0 radical (unpaired) electrons. The van der Waals surface area contributed by atoms with Crippen LogP contribution in [0.15, 0.2) is 42.7 Å². The Morgan fingerprint density at radius 1 is 1.25 bits per heavy atom. The lowest BCUT2D eigenvalue weighted by Crippen LogP contribution is -1.95. The van der Waals surface area contributed by atoms with Gasteiger partial charge in [0.1, 0.15) is 0 Å². The zero-order chi connectivity index (χ0) is 14.2. The van der Waals surface area contributed by atoms with Crippen LogP contribution in [0.1, 0.15) is 47.7 Å². The molecule has 0 fully saturated rings. The van der Waals surface area contributed by atoms with Crippen LogP contribution in [0.5, 0.6) is 0 Å². The summed E-state index contributed by atoms with van der Waals surface area (Å²) in [6.45, 7) is 2.20. The highest BCUT2D eigenvalue weighted by Gasteiger charge is 2.02. The molecule has 3 nitrogen and oxygen atoms in total. The van der Waals surface area contributed by atoms with E-state index in [9.17, 15) is 4.79 Å². The maximum atomic E-state index is 12.0. The van der Waals surface area contributed by atoms with Gasteiger partial charge in [-0.15, -0.1) is 0 Å². The molecular formula is C17H20N2O. The number of aromatic amines is 1. The number of carbonyl (C=O) groups excluding carboxylic acids is 1. The van der Waals surface area contributed by atoms with Crippen LogP contribution >= 0.6 is 0 Å². The quantitative estimate of drug-likeness (QED) is 0.468. The first-order valence-electron chi connectivity index (χ1n) is 7.09. The predicted molar refractivity (Wildman–Crippen MR) is 81.6 cm³/mol. The maximum Gasteiger partial charge on any atom is 0.185 e. The second-order valence-corrected chi connectivity index (χ2v) is 4.88. The number of hydrogen-bond donors (Lipinski definition) is 1. The normalized spacial score (nSPS) is 11.1. The van der Waals surface area contributed by atoms with Crippen LogP contribution in [0.2, 0.25) is 0 Å². The van der Waals surface area contributed by atoms with E-state index < -0.39 is 0 Å². The lowest BCUT2D eigenvalue weighted by molar-refractivity contribution is 0.104. The molecule has 1 heterocycles. The number of nitrogens with one attached hydrogen (secondary N) is 1.